The van der Waals surface area contributed by atoms with Crippen molar-refractivity contribution in [3.63, 3.8) is 0 Å². The molecule has 1 saturated heterocycles. The molecule has 0 atom stereocenters. The van der Waals surface area contributed by atoms with E-state index in [9.17, 15) is 14.4 Å². The van der Waals surface area contributed by atoms with Crippen LogP contribution in [0.2, 0.25) is 0 Å². The van der Waals surface area contributed by atoms with E-state index in [0.717, 1.165) is 38.9 Å². The molecule has 1 aliphatic heterocycles. The summed E-state index contributed by atoms with van der Waals surface area (Å²) in [4.78, 5) is 38.2. The van der Waals surface area contributed by atoms with Crippen molar-refractivity contribution >= 4 is 24.0 Å². The van der Waals surface area contributed by atoms with E-state index >= 15 is 0 Å². The molecule has 9 nitrogen and oxygen atoms in total. The van der Waals surface area contributed by atoms with Crippen molar-refractivity contribution in [1.29, 1.82) is 0 Å². The minimum Gasteiger partial charge on any atom is -0.489 e. The van der Waals surface area contributed by atoms with Gasteiger partial charge in [-0.3, -0.25) is 9.69 Å². The lowest BCUT2D eigenvalue weighted by molar-refractivity contribution is -0.123. The van der Waals surface area contributed by atoms with Crippen LogP contribution < -0.4 is 10.1 Å². The van der Waals surface area contributed by atoms with Crippen molar-refractivity contribution in [2.75, 3.05) is 7.11 Å². The highest BCUT2D eigenvalue weighted by Gasteiger charge is 2.34. The van der Waals surface area contributed by atoms with Gasteiger partial charge in [-0.1, -0.05) is 29.8 Å². The van der Waals surface area contributed by atoms with Crippen molar-refractivity contribution in [2.45, 2.75) is 33.9 Å². The molecule has 9 heteroatoms. The number of benzene rings is 2. The topological polar surface area (TPSA) is 103 Å². The van der Waals surface area contributed by atoms with E-state index in [1.165, 1.54) is 24.8 Å². The number of nitrogens with zero attached hydrogens (tertiary/aromatic N) is 2. The number of amides is 3. The number of carbonyl (C=O) groups excluding carboxylic acids is 3. The van der Waals surface area contributed by atoms with Crippen LogP contribution in [0.25, 0.3) is 11.8 Å². The minimum atomic E-state index is -0.635. The van der Waals surface area contributed by atoms with Gasteiger partial charge in [-0.2, -0.15) is 0 Å². The van der Waals surface area contributed by atoms with Crippen LogP contribution in [-0.2, 0) is 22.7 Å². The highest BCUT2D eigenvalue weighted by atomic mass is 16.5. The molecule has 1 fully saturated rings. The second-order valence-electron chi connectivity index (χ2n) is 9.57. The van der Waals surface area contributed by atoms with E-state index in [-0.39, 0.29) is 23.8 Å². The number of imide groups is 1. The van der Waals surface area contributed by atoms with Gasteiger partial charge in [-0.25, -0.2) is 9.59 Å². The Morgan fingerprint density at radius 1 is 0.975 bits per heavy atom. The molecule has 0 saturated carbocycles. The van der Waals surface area contributed by atoms with Gasteiger partial charge in [-0.05, 0) is 80.4 Å². The maximum atomic E-state index is 13.0. The van der Waals surface area contributed by atoms with Gasteiger partial charge in [0.2, 0.25) is 5.76 Å². The number of urea groups is 1. The fraction of sp³-hybridized carbons (Fsp3) is 0.194. The molecule has 1 aliphatic rings. The van der Waals surface area contributed by atoms with Crippen LogP contribution in [0.4, 0.5) is 4.79 Å². The van der Waals surface area contributed by atoms with Crippen molar-refractivity contribution in [1.82, 2.24) is 14.8 Å². The van der Waals surface area contributed by atoms with Gasteiger partial charge in [0.15, 0.2) is 0 Å². The summed E-state index contributed by atoms with van der Waals surface area (Å²) in [5.41, 5.74) is 6.10. The predicted molar refractivity (Wildman–Crippen MR) is 148 cm³/mol. The van der Waals surface area contributed by atoms with E-state index < -0.39 is 17.9 Å². The predicted octanol–water partition coefficient (Wildman–Crippen LogP) is 5.45. The summed E-state index contributed by atoms with van der Waals surface area (Å²) in [6.07, 6.45) is 1.67. The van der Waals surface area contributed by atoms with Gasteiger partial charge in [0.25, 0.3) is 5.91 Å². The second-order valence-corrected chi connectivity index (χ2v) is 9.57. The third-order valence-electron chi connectivity index (χ3n) is 6.72. The Bertz CT molecular complexity index is 1610. The van der Waals surface area contributed by atoms with Gasteiger partial charge in [0, 0.05) is 17.1 Å². The highest BCUT2D eigenvalue weighted by Crippen LogP contribution is 2.26. The zero-order valence-electron chi connectivity index (χ0n) is 22.7. The van der Waals surface area contributed by atoms with Gasteiger partial charge in [0.1, 0.15) is 23.8 Å². The highest BCUT2D eigenvalue weighted by molar-refractivity contribution is 6.14. The lowest BCUT2D eigenvalue weighted by Gasteiger charge is -2.12. The Balaban J connectivity index is 1.29. The Morgan fingerprint density at radius 2 is 1.70 bits per heavy atom. The number of furan rings is 1. The van der Waals surface area contributed by atoms with E-state index in [2.05, 4.69) is 45.8 Å². The molecule has 0 bridgehead atoms. The summed E-state index contributed by atoms with van der Waals surface area (Å²) < 4.78 is 18.0. The van der Waals surface area contributed by atoms with Crippen molar-refractivity contribution in [3.8, 4) is 11.4 Å². The molecule has 4 aromatic rings. The zero-order valence-corrected chi connectivity index (χ0v) is 22.7. The van der Waals surface area contributed by atoms with Crippen molar-refractivity contribution in [3.05, 3.63) is 112 Å². The Labute approximate surface area is 231 Å². The number of carbonyl (C=O) groups is 3. The average molecular weight is 540 g/mol. The lowest BCUT2D eigenvalue weighted by Crippen LogP contribution is -2.30. The Morgan fingerprint density at radius 3 is 2.40 bits per heavy atom. The summed E-state index contributed by atoms with van der Waals surface area (Å²) >= 11 is 0. The molecule has 3 heterocycles. The number of hydrogen-bond acceptors (Lipinski definition) is 6. The molecule has 40 heavy (non-hydrogen) atoms. The quantitative estimate of drug-likeness (QED) is 0.181. The Kier molecular flexibility index (Phi) is 7.29. The SMILES string of the molecule is COC(=O)c1ccc(CN2C(=O)N/C(=C\c3cc(C)n(-c4ccc(OCc5ccc(C)cc5)cc4)c3C)C2=O)o1. The maximum Gasteiger partial charge on any atom is 0.373 e. The molecule has 2 aromatic carbocycles. The monoisotopic (exact) mass is 539 g/mol. The van der Waals surface area contributed by atoms with Crippen LogP contribution in [0.1, 0.15) is 44.4 Å². The normalized spacial score (nSPS) is 14.1. The van der Waals surface area contributed by atoms with E-state index in [4.69, 9.17) is 9.15 Å². The third-order valence-corrected chi connectivity index (χ3v) is 6.72. The van der Waals surface area contributed by atoms with Crippen molar-refractivity contribution < 1.29 is 28.3 Å². The maximum absolute atomic E-state index is 13.0. The van der Waals surface area contributed by atoms with Crippen molar-refractivity contribution in [2.24, 2.45) is 0 Å². The first kappa shape index (κ1) is 26.6. The number of aryl methyl sites for hydroxylation is 2. The summed E-state index contributed by atoms with van der Waals surface area (Å²) in [6, 6.07) is 20.4. The fourth-order valence-corrected chi connectivity index (χ4v) is 4.57. The molecule has 0 unspecified atom stereocenters. The number of hydrogen-bond donors (Lipinski definition) is 1. The number of aromatic nitrogens is 1. The van der Waals surface area contributed by atoms with Gasteiger partial charge in [0.05, 0.1) is 13.7 Å². The standard InChI is InChI=1S/C31H29N3O6/c1-19-5-7-22(8-6-19)18-39-25-11-9-24(10-12-25)34-20(2)15-23(21(34)3)16-27-29(35)33(31(37)32-27)17-26-13-14-28(40-26)30(36)38-4/h5-16H,17-18H2,1-4H3,(H,32,37)/b27-16-. The van der Waals surface area contributed by atoms with Crippen LogP contribution in [0.5, 0.6) is 5.75 Å². The molecule has 1 N–H and O–H groups in total. The Hall–Kier alpha value is -5.05. The molecule has 3 amide bonds. The fourth-order valence-electron chi connectivity index (χ4n) is 4.57. The number of methoxy groups -OCH3 is 1. The van der Waals surface area contributed by atoms with Crippen LogP contribution in [0, 0.1) is 20.8 Å². The number of nitrogens with one attached hydrogen (secondary N) is 1. The molecular weight excluding hydrogens is 510 g/mol. The number of esters is 1. The van der Waals surface area contributed by atoms with Crippen LogP contribution >= 0.6 is 0 Å². The summed E-state index contributed by atoms with van der Waals surface area (Å²) in [5.74, 6) is -0.0679. The number of rotatable bonds is 8. The first-order chi connectivity index (χ1) is 19.2. The summed E-state index contributed by atoms with van der Waals surface area (Å²) in [5, 5.41) is 2.64. The summed E-state index contributed by atoms with van der Waals surface area (Å²) in [6.45, 7) is 6.36. The zero-order chi connectivity index (χ0) is 28.4. The first-order valence-corrected chi connectivity index (χ1v) is 12.7. The molecular formula is C31H29N3O6. The smallest absolute Gasteiger partial charge is 0.373 e. The first-order valence-electron chi connectivity index (χ1n) is 12.7. The summed E-state index contributed by atoms with van der Waals surface area (Å²) in [7, 11) is 1.24. The third kappa shape index (κ3) is 5.40. The minimum absolute atomic E-state index is 0.00128. The number of ether oxygens (including phenoxy) is 2. The largest absolute Gasteiger partial charge is 0.489 e. The van der Waals surface area contributed by atoms with E-state index in [1.54, 1.807) is 6.08 Å². The molecule has 5 rings (SSSR count). The molecule has 0 radical (unpaired) electrons. The molecule has 0 aliphatic carbocycles. The lowest BCUT2D eigenvalue weighted by atomic mass is 10.2. The second kappa shape index (κ2) is 11.0. The van der Waals surface area contributed by atoms with E-state index in [1.807, 2.05) is 44.2 Å². The van der Waals surface area contributed by atoms with Gasteiger partial charge >= 0.3 is 12.0 Å². The average Bonchev–Trinajstić information content (AvgIpc) is 3.61. The molecule has 2 aromatic heterocycles. The van der Waals surface area contributed by atoms with Crippen LogP contribution in [0.15, 0.2) is 76.8 Å². The molecule has 204 valence electrons. The van der Waals surface area contributed by atoms with Gasteiger partial charge in [-0.15, -0.1) is 0 Å². The van der Waals surface area contributed by atoms with Gasteiger partial charge < -0.3 is 23.8 Å². The molecule has 0 spiro atoms. The van der Waals surface area contributed by atoms with Crippen LogP contribution in [-0.4, -0.2) is 34.5 Å². The van der Waals surface area contributed by atoms with E-state index in [0.29, 0.717) is 6.61 Å². The van der Waals surface area contributed by atoms with Crippen LogP contribution in [0.3, 0.4) is 0 Å².